The number of pyridine rings is 1. The summed E-state index contributed by atoms with van der Waals surface area (Å²) in [6.07, 6.45) is 7.66. The van der Waals surface area contributed by atoms with Crippen LogP contribution in [0.2, 0.25) is 0 Å². The van der Waals surface area contributed by atoms with Crippen LogP contribution in [0.25, 0.3) is 0 Å². The summed E-state index contributed by atoms with van der Waals surface area (Å²) in [5, 5.41) is 3.02. The lowest BCUT2D eigenvalue weighted by Crippen LogP contribution is -2.52. The molecule has 1 aliphatic heterocycles. The van der Waals surface area contributed by atoms with Gasteiger partial charge >= 0.3 is 0 Å². The minimum absolute atomic E-state index is 0.0434. The van der Waals surface area contributed by atoms with Gasteiger partial charge in [-0.15, -0.1) is 0 Å². The first-order chi connectivity index (χ1) is 16.0. The van der Waals surface area contributed by atoms with Crippen LogP contribution in [-0.4, -0.2) is 27.4 Å². The highest BCUT2D eigenvalue weighted by Crippen LogP contribution is 2.69. The summed E-state index contributed by atoms with van der Waals surface area (Å²) in [5.74, 6) is 1.26. The van der Waals surface area contributed by atoms with Gasteiger partial charge in [0.05, 0.1) is 22.5 Å². The van der Waals surface area contributed by atoms with E-state index in [1.54, 1.807) is 18.3 Å². The zero-order valence-electron chi connectivity index (χ0n) is 18.6. The zero-order chi connectivity index (χ0) is 22.6. The molecule has 2 saturated carbocycles. The van der Waals surface area contributed by atoms with Crippen LogP contribution >= 0.6 is 0 Å². The van der Waals surface area contributed by atoms with Gasteiger partial charge in [0.25, 0.3) is 0 Å². The third kappa shape index (κ3) is 3.46. The average Bonchev–Trinajstić information content (AvgIpc) is 3.59. The van der Waals surface area contributed by atoms with Gasteiger partial charge in [-0.2, -0.15) is 0 Å². The van der Waals surface area contributed by atoms with Crippen molar-refractivity contribution in [2.75, 3.05) is 16.8 Å². The number of anilines is 3. The van der Waals surface area contributed by atoms with E-state index in [0.29, 0.717) is 11.1 Å². The van der Waals surface area contributed by atoms with Crippen molar-refractivity contribution in [1.82, 2.24) is 15.0 Å². The van der Waals surface area contributed by atoms with E-state index >= 15 is 0 Å². The molecule has 6 rings (SSSR count). The smallest absolute Gasteiger partial charge is 0.236 e. The number of hydrogen-bond donors (Lipinski definition) is 1. The Labute approximate surface area is 192 Å². The molecule has 2 aromatic heterocycles. The van der Waals surface area contributed by atoms with Gasteiger partial charge in [0, 0.05) is 18.4 Å². The number of carbonyl (C=O) groups excluding carboxylic acids is 1. The van der Waals surface area contributed by atoms with Crippen LogP contribution in [0.5, 0.6) is 0 Å². The highest BCUT2D eigenvalue weighted by atomic mass is 19.1. The van der Waals surface area contributed by atoms with Crippen molar-refractivity contribution < 1.29 is 9.18 Å². The number of benzene rings is 1. The van der Waals surface area contributed by atoms with E-state index in [1.165, 1.54) is 25.0 Å². The van der Waals surface area contributed by atoms with Crippen molar-refractivity contribution in [1.29, 1.82) is 0 Å². The fourth-order valence-electron chi connectivity index (χ4n) is 5.55. The van der Waals surface area contributed by atoms with Crippen LogP contribution in [0, 0.1) is 18.2 Å². The first-order valence-corrected chi connectivity index (χ1v) is 11.6. The monoisotopic (exact) mass is 443 g/mol. The lowest BCUT2D eigenvalue weighted by molar-refractivity contribution is -0.127. The molecule has 168 valence electrons. The summed E-state index contributed by atoms with van der Waals surface area (Å²) in [4.78, 5) is 29.6. The minimum Gasteiger partial charge on any atom is -0.325 e. The second-order valence-electron chi connectivity index (χ2n) is 9.78. The molecular weight excluding hydrogens is 417 g/mol. The Morgan fingerprint density at radius 2 is 1.85 bits per heavy atom. The minimum atomic E-state index is -0.631. The highest BCUT2D eigenvalue weighted by molar-refractivity contribution is 6.00. The molecule has 3 aromatic rings. The Hall–Kier alpha value is -3.35. The van der Waals surface area contributed by atoms with Gasteiger partial charge in [-0.1, -0.05) is 0 Å². The normalized spacial score (nSPS) is 19.5. The standard InChI is InChI=1S/C26H26FN5O/c1-17-28-13-10-23(29-17)32-14-2-3-20-21(32)8-9-22(31-20)26(15-25(16-26)11-12-25)24(33)30-19-6-4-18(27)5-7-19/h4-10,13H,2-3,11-12,14-16H2,1H3,(H,30,33). The number of carbonyl (C=O) groups is 1. The fourth-order valence-corrected chi connectivity index (χ4v) is 5.55. The predicted octanol–water partition coefficient (Wildman–Crippen LogP) is 4.85. The van der Waals surface area contributed by atoms with Gasteiger partial charge in [-0.05, 0) is 93.3 Å². The number of nitrogens with zero attached hydrogens (tertiary/aromatic N) is 4. The molecule has 0 unspecified atom stereocenters. The maximum Gasteiger partial charge on any atom is 0.236 e. The number of amides is 1. The first-order valence-electron chi connectivity index (χ1n) is 11.6. The summed E-state index contributed by atoms with van der Waals surface area (Å²) in [6, 6.07) is 12.0. The third-order valence-electron chi connectivity index (χ3n) is 7.41. The summed E-state index contributed by atoms with van der Waals surface area (Å²) >= 11 is 0. The van der Waals surface area contributed by atoms with Crippen LogP contribution in [-0.2, 0) is 16.6 Å². The molecule has 3 aliphatic rings. The Bertz CT molecular complexity index is 1230. The maximum absolute atomic E-state index is 13.5. The first kappa shape index (κ1) is 20.3. The van der Waals surface area contributed by atoms with E-state index in [1.807, 2.05) is 19.1 Å². The predicted molar refractivity (Wildman–Crippen MR) is 124 cm³/mol. The number of halogens is 1. The molecule has 33 heavy (non-hydrogen) atoms. The molecule has 1 aromatic carbocycles. The number of rotatable bonds is 4. The molecule has 3 heterocycles. The molecule has 0 radical (unpaired) electrons. The van der Waals surface area contributed by atoms with Crippen molar-refractivity contribution in [3.05, 3.63) is 71.7 Å². The van der Waals surface area contributed by atoms with E-state index < -0.39 is 5.41 Å². The van der Waals surface area contributed by atoms with Gasteiger partial charge in [-0.3, -0.25) is 9.78 Å². The Morgan fingerprint density at radius 1 is 1.06 bits per heavy atom. The Balaban J connectivity index is 1.33. The van der Waals surface area contributed by atoms with E-state index in [-0.39, 0.29) is 11.7 Å². The molecule has 7 heteroatoms. The van der Waals surface area contributed by atoms with Gasteiger partial charge in [0.15, 0.2) is 0 Å². The molecule has 1 amide bonds. The summed E-state index contributed by atoms with van der Waals surface area (Å²) < 4.78 is 13.3. The fraction of sp³-hybridized carbons (Fsp3) is 0.385. The number of hydrogen-bond acceptors (Lipinski definition) is 5. The Morgan fingerprint density at radius 3 is 2.58 bits per heavy atom. The topological polar surface area (TPSA) is 71.0 Å². The van der Waals surface area contributed by atoms with Gasteiger partial charge < -0.3 is 10.2 Å². The van der Waals surface area contributed by atoms with Gasteiger partial charge in [0.1, 0.15) is 17.5 Å². The van der Waals surface area contributed by atoms with Crippen LogP contribution < -0.4 is 10.2 Å². The van der Waals surface area contributed by atoms with Crippen molar-refractivity contribution in [3.8, 4) is 0 Å². The molecule has 0 atom stereocenters. The van der Waals surface area contributed by atoms with Crippen molar-refractivity contribution in [3.63, 3.8) is 0 Å². The highest BCUT2D eigenvalue weighted by Gasteiger charge is 2.65. The Kier molecular flexibility index (Phi) is 4.50. The number of fused-ring (bicyclic) bond motifs is 1. The van der Waals surface area contributed by atoms with Crippen LogP contribution in [0.15, 0.2) is 48.7 Å². The molecule has 1 N–H and O–H groups in total. The molecule has 2 fully saturated rings. The molecule has 2 aliphatic carbocycles. The van der Waals surface area contributed by atoms with Crippen molar-refractivity contribution in [2.24, 2.45) is 5.41 Å². The molecular formula is C26H26FN5O. The second-order valence-corrected chi connectivity index (χ2v) is 9.78. The van der Waals surface area contributed by atoms with E-state index in [4.69, 9.17) is 4.98 Å². The van der Waals surface area contributed by atoms with Gasteiger partial charge in [-0.25, -0.2) is 14.4 Å². The SMILES string of the molecule is Cc1nccc(N2CCCc3nc(C4(C(=O)Nc5ccc(F)cc5)CC5(CC5)C4)ccc32)n1. The molecule has 0 bridgehead atoms. The second kappa shape index (κ2) is 7.33. The van der Waals surface area contributed by atoms with Crippen LogP contribution in [0.3, 0.4) is 0 Å². The third-order valence-corrected chi connectivity index (χ3v) is 7.41. The maximum atomic E-state index is 13.5. The summed E-state index contributed by atoms with van der Waals surface area (Å²) in [5.41, 5.74) is 3.20. The van der Waals surface area contributed by atoms with Crippen LogP contribution in [0.4, 0.5) is 21.6 Å². The number of aromatic nitrogens is 3. The molecule has 6 nitrogen and oxygen atoms in total. The lowest BCUT2D eigenvalue weighted by Gasteiger charge is -2.47. The van der Waals surface area contributed by atoms with E-state index in [9.17, 15) is 9.18 Å². The largest absolute Gasteiger partial charge is 0.325 e. The van der Waals surface area contributed by atoms with E-state index in [0.717, 1.165) is 60.9 Å². The van der Waals surface area contributed by atoms with Crippen molar-refractivity contribution in [2.45, 2.75) is 50.9 Å². The molecule has 1 spiro atoms. The lowest BCUT2D eigenvalue weighted by atomic mass is 9.57. The number of nitrogens with one attached hydrogen (secondary N) is 1. The van der Waals surface area contributed by atoms with Crippen molar-refractivity contribution >= 4 is 23.1 Å². The summed E-state index contributed by atoms with van der Waals surface area (Å²) in [6.45, 7) is 2.77. The number of aryl methyl sites for hydroxylation is 2. The van der Waals surface area contributed by atoms with Gasteiger partial charge in [0.2, 0.25) is 5.91 Å². The van der Waals surface area contributed by atoms with Crippen LogP contribution in [0.1, 0.15) is 49.3 Å². The average molecular weight is 444 g/mol. The molecule has 0 saturated heterocycles. The quantitative estimate of drug-likeness (QED) is 0.624. The summed E-state index contributed by atoms with van der Waals surface area (Å²) in [7, 11) is 0. The zero-order valence-corrected chi connectivity index (χ0v) is 18.6. The van der Waals surface area contributed by atoms with E-state index in [2.05, 4.69) is 26.3 Å².